The summed E-state index contributed by atoms with van der Waals surface area (Å²) in [5, 5.41) is 9.07. The van der Waals surface area contributed by atoms with Crippen LogP contribution in [0.25, 0.3) is 54.3 Å². The zero-order valence-electron chi connectivity index (χ0n) is 31.1. The molecule has 0 aliphatic heterocycles. The van der Waals surface area contributed by atoms with E-state index in [1.807, 2.05) is 0 Å². The topological polar surface area (TPSA) is 26.3 Å². The van der Waals surface area contributed by atoms with Crippen molar-refractivity contribution in [2.45, 2.75) is 116 Å². The maximum absolute atomic E-state index is 6.19. The van der Waals surface area contributed by atoms with E-state index in [2.05, 4.69) is 155 Å². The van der Waals surface area contributed by atoms with Crippen molar-refractivity contribution in [2.24, 2.45) is 0 Å². The summed E-state index contributed by atoms with van der Waals surface area (Å²) in [5.74, 6) is 7.82. The first-order chi connectivity index (χ1) is 22.7. The van der Waals surface area contributed by atoms with Crippen LogP contribution in [0.2, 0.25) is 33.2 Å². The van der Waals surface area contributed by atoms with Crippen molar-refractivity contribution in [3.8, 4) is 22.9 Å². The van der Waals surface area contributed by atoms with E-state index in [-0.39, 0.29) is 0 Å². The SMILES string of the molecule is CC(C)[Si](C#Cc1cc2c(ccc3ccoc32)c2c(C#C[Si](C(C)C)(C(C)C)C(C)C)cc3c(ccc4ccoc43)c12)(C(C)C)C(C)C. The molecule has 0 unspecified atom stereocenters. The molecule has 0 saturated heterocycles. The molecule has 248 valence electrons. The smallest absolute Gasteiger partial charge is 0.146 e. The fourth-order valence-corrected chi connectivity index (χ4v) is 19.9. The van der Waals surface area contributed by atoms with Crippen LogP contribution in [0.5, 0.6) is 0 Å². The largest absolute Gasteiger partial charge is 0.464 e. The minimum Gasteiger partial charge on any atom is -0.464 e. The second-order valence-electron chi connectivity index (χ2n) is 15.9. The normalized spacial score (nSPS) is 13.0. The molecule has 2 heterocycles. The Kier molecular flexibility index (Phi) is 8.99. The molecule has 0 radical (unpaired) electrons. The molecule has 4 heteroatoms. The van der Waals surface area contributed by atoms with Crippen LogP contribution < -0.4 is 0 Å². The molecule has 48 heavy (non-hydrogen) atoms. The molecular weight excluding hydrogens is 617 g/mol. The van der Waals surface area contributed by atoms with E-state index in [4.69, 9.17) is 8.83 Å². The maximum Gasteiger partial charge on any atom is 0.146 e. The van der Waals surface area contributed by atoms with E-state index in [0.29, 0.717) is 33.2 Å². The zero-order valence-corrected chi connectivity index (χ0v) is 33.1. The van der Waals surface area contributed by atoms with Gasteiger partial charge in [-0.1, -0.05) is 119 Å². The van der Waals surface area contributed by atoms with E-state index in [1.165, 1.54) is 10.8 Å². The lowest BCUT2D eigenvalue weighted by Gasteiger charge is -2.38. The summed E-state index contributed by atoms with van der Waals surface area (Å²) in [6, 6.07) is 17.6. The number of rotatable bonds is 6. The van der Waals surface area contributed by atoms with E-state index < -0.39 is 16.1 Å². The summed E-state index contributed by atoms with van der Waals surface area (Å²) in [4.78, 5) is 0. The summed E-state index contributed by atoms with van der Waals surface area (Å²) >= 11 is 0. The molecule has 2 nitrogen and oxygen atoms in total. The van der Waals surface area contributed by atoms with E-state index in [1.54, 1.807) is 12.5 Å². The fraction of sp³-hybridized carbons (Fsp3) is 0.409. The molecule has 0 aliphatic carbocycles. The maximum atomic E-state index is 6.19. The number of fused-ring (bicyclic) bond motifs is 9. The first-order valence-electron chi connectivity index (χ1n) is 18.0. The third kappa shape index (κ3) is 5.15. The molecule has 0 fully saturated rings. The molecule has 0 spiro atoms. The highest BCUT2D eigenvalue weighted by molar-refractivity contribution is 6.91. The van der Waals surface area contributed by atoms with Gasteiger partial charge in [0.2, 0.25) is 0 Å². The van der Waals surface area contributed by atoms with Crippen LogP contribution in [0.4, 0.5) is 0 Å². The monoisotopic (exact) mass is 668 g/mol. The van der Waals surface area contributed by atoms with Gasteiger partial charge in [0.05, 0.1) is 12.5 Å². The number of hydrogen-bond acceptors (Lipinski definition) is 2. The van der Waals surface area contributed by atoms with Gasteiger partial charge in [-0.25, -0.2) is 0 Å². The van der Waals surface area contributed by atoms with Crippen LogP contribution in [0.3, 0.4) is 0 Å². The number of furan rings is 2. The van der Waals surface area contributed by atoms with Gasteiger partial charge in [-0.3, -0.25) is 0 Å². The highest BCUT2D eigenvalue weighted by Crippen LogP contribution is 2.45. The highest BCUT2D eigenvalue weighted by atomic mass is 28.3. The van der Waals surface area contributed by atoms with Gasteiger partial charge in [-0.15, -0.1) is 11.1 Å². The van der Waals surface area contributed by atoms with Gasteiger partial charge in [0.1, 0.15) is 27.3 Å². The van der Waals surface area contributed by atoms with Crippen molar-refractivity contribution < 1.29 is 8.83 Å². The molecule has 2 aromatic heterocycles. The first kappa shape index (κ1) is 34.2. The molecule has 6 aromatic rings. The van der Waals surface area contributed by atoms with Crippen LogP contribution in [0, 0.1) is 22.9 Å². The molecule has 0 amide bonds. The van der Waals surface area contributed by atoms with E-state index >= 15 is 0 Å². The summed E-state index contributed by atoms with van der Waals surface area (Å²) < 4.78 is 12.4. The summed E-state index contributed by atoms with van der Waals surface area (Å²) in [7, 11) is -4.05. The minimum absolute atomic E-state index is 0.538. The van der Waals surface area contributed by atoms with Crippen LogP contribution in [-0.4, -0.2) is 16.1 Å². The lowest BCUT2D eigenvalue weighted by atomic mass is 9.89. The van der Waals surface area contributed by atoms with Gasteiger partial charge in [-0.05, 0) is 68.3 Å². The number of hydrogen-bond donors (Lipinski definition) is 0. The molecule has 4 aromatic carbocycles. The van der Waals surface area contributed by atoms with Gasteiger partial charge >= 0.3 is 0 Å². The summed E-state index contributed by atoms with van der Waals surface area (Å²) in [6.07, 6.45) is 3.60. The average Bonchev–Trinajstić information content (AvgIpc) is 3.70. The van der Waals surface area contributed by atoms with Crippen molar-refractivity contribution in [2.75, 3.05) is 0 Å². The fourth-order valence-electron chi connectivity index (χ4n) is 9.51. The predicted molar refractivity (Wildman–Crippen MR) is 214 cm³/mol. The quantitative estimate of drug-likeness (QED) is 0.100. The first-order valence-corrected chi connectivity index (χ1v) is 22.5. The lowest BCUT2D eigenvalue weighted by molar-refractivity contribution is 0.619. The Morgan fingerprint density at radius 1 is 0.438 bits per heavy atom. The van der Waals surface area contributed by atoms with E-state index in [0.717, 1.165) is 54.6 Å². The molecule has 0 N–H and O–H groups in total. The van der Waals surface area contributed by atoms with Crippen LogP contribution in [-0.2, 0) is 0 Å². The Morgan fingerprint density at radius 3 is 1.08 bits per heavy atom. The van der Waals surface area contributed by atoms with Crippen molar-refractivity contribution in [3.63, 3.8) is 0 Å². The molecule has 6 rings (SSSR count). The summed E-state index contributed by atoms with van der Waals surface area (Å²) in [5.41, 5.74) is 15.3. The third-order valence-electron chi connectivity index (χ3n) is 11.8. The van der Waals surface area contributed by atoms with Crippen LogP contribution in [0.1, 0.15) is 94.2 Å². The summed E-state index contributed by atoms with van der Waals surface area (Å²) in [6.45, 7) is 28.6. The molecule has 0 saturated carbocycles. The van der Waals surface area contributed by atoms with Crippen molar-refractivity contribution in [1.29, 1.82) is 0 Å². The van der Waals surface area contributed by atoms with Gasteiger partial charge in [0.25, 0.3) is 0 Å². The Hall–Kier alpha value is -3.71. The van der Waals surface area contributed by atoms with Gasteiger partial charge in [0.15, 0.2) is 0 Å². The highest BCUT2D eigenvalue weighted by Gasteiger charge is 2.42. The Bertz CT molecular complexity index is 2080. The second-order valence-corrected chi connectivity index (χ2v) is 27.1. The van der Waals surface area contributed by atoms with Crippen LogP contribution in [0.15, 0.2) is 69.9 Å². The zero-order chi connectivity index (χ0) is 34.7. The molecule has 0 atom stereocenters. The molecular formula is C44H52O2Si2. The van der Waals surface area contributed by atoms with Crippen molar-refractivity contribution >= 4 is 70.4 Å². The molecule has 0 bridgehead atoms. The van der Waals surface area contributed by atoms with Crippen molar-refractivity contribution in [1.82, 2.24) is 0 Å². The minimum atomic E-state index is -2.02. The van der Waals surface area contributed by atoms with Gasteiger partial charge < -0.3 is 8.83 Å². The average molecular weight is 669 g/mol. The Labute approximate surface area is 289 Å². The Morgan fingerprint density at radius 2 is 0.771 bits per heavy atom. The predicted octanol–water partition coefficient (Wildman–Crippen LogP) is 13.8. The van der Waals surface area contributed by atoms with Gasteiger partial charge in [-0.2, -0.15) is 0 Å². The van der Waals surface area contributed by atoms with E-state index in [9.17, 15) is 0 Å². The Balaban J connectivity index is 1.86. The van der Waals surface area contributed by atoms with Gasteiger partial charge in [0, 0.05) is 43.4 Å². The van der Waals surface area contributed by atoms with Crippen molar-refractivity contribution in [3.05, 3.63) is 72.2 Å². The number of benzene rings is 4. The third-order valence-corrected chi connectivity index (χ3v) is 24.4. The second kappa shape index (κ2) is 12.6. The van der Waals surface area contributed by atoms with Crippen LogP contribution >= 0.6 is 0 Å². The lowest BCUT2D eigenvalue weighted by Crippen LogP contribution is -2.43. The standard InChI is InChI=1S/C44H52O2Si2/c1-27(2)47(28(3)4,29(5)6)23-19-35-25-39-38(16-14-33-17-21-45-43(33)39)42-36(20-24-48(30(7)8,31(9)10)32(11)12)26-40-37(41(35)42)15-13-34-18-22-46-44(34)40/h13-18,21-22,25-32H,1-12H3. The molecule has 0 aliphatic rings.